The van der Waals surface area contributed by atoms with Gasteiger partial charge in [-0.05, 0) is 38.1 Å². The molecule has 1 atom stereocenters. The second-order valence-corrected chi connectivity index (χ2v) is 10.4. The summed E-state index contributed by atoms with van der Waals surface area (Å²) in [7, 11) is 0. The monoisotopic (exact) mass is 467 g/mol. The van der Waals surface area contributed by atoms with Gasteiger partial charge in [0.1, 0.15) is 0 Å². The van der Waals surface area contributed by atoms with Crippen molar-refractivity contribution in [3.05, 3.63) is 0 Å². The first-order valence-corrected chi connectivity index (χ1v) is 15.1. The largest absolute Gasteiger partial charge is 0.465 e. The Bertz CT molecular complexity index is 385. The Kier molecular flexibility index (Phi) is 27.2. The summed E-state index contributed by atoms with van der Waals surface area (Å²) in [5.41, 5.74) is 5.54. The molecule has 3 heteroatoms. The average Bonchev–Trinajstić information content (AvgIpc) is 2.82. The van der Waals surface area contributed by atoms with Crippen LogP contribution in [0.4, 0.5) is 0 Å². The van der Waals surface area contributed by atoms with Gasteiger partial charge in [-0.25, -0.2) is 0 Å². The third-order valence-corrected chi connectivity index (χ3v) is 7.00. The first-order chi connectivity index (χ1) is 16.2. The summed E-state index contributed by atoms with van der Waals surface area (Å²) in [6.07, 6.45) is 30.7. The van der Waals surface area contributed by atoms with Gasteiger partial charge in [-0.3, -0.25) is 4.79 Å². The molecule has 0 bridgehead atoms. The number of ether oxygens (including phenoxy) is 1. The van der Waals surface area contributed by atoms with Crippen LogP contribution in [-0.4, -0.2) is 19.1 Å². The lowest BCUT2D eigenvalue weighted by Crippen LogP contribution is -2.14. The van der Waals surface area contributed by atoms with Crippen molar-refractivity contribution in [1.82, 2.24) is 0 Å². The van der Waals surface area contributed by atoms with E-state index in [4.69, 9.17) is 10.5 Å². The van der Waals surface area contributed by atoms with Crippen LogP contribution in [0.5, 0.6) is 0 Å². The molecule has 33 heavy (non-hydrogen) atoms. The van der Waals surface area contributed by atoms with Gasteiger partial charge in [-0.2, -0.15) is 0 Å². The summed E-state index contributed by atoms with van der Waals surface area (Å²) < 4.78 is 5.68. The van der Waals surface area contributed by atoms with Crippen molar-refractivity contribution >= 4 is 5.97 Å². The molecule has 0 rings (SSSR count). The van der Waals surface area contributed by atoms with Crippen LogP contribution in [0.15, 0.2) is 0 Å². The Morgan fingerprint density at radius 3 is 1.39 bits per heavy atom. The van der Waals surface area contributed by atoms with Crippen LogP contribution in [0.1, 0.15) is 168 Å². The lowest BCUT2D eigenvalue weighted by atomic mass is 9.94. The highest BCUT2D eigenvalue weighted by molar-refractivity contribution is 5.69. The number of esters is 1. The second kappa shape index (κ2) is 27.7. The number of carbonyl (C=O) groups is 1. The van der Waals surface area contributed by atoms with Crippen LogP contribution in [0.25, 0.3) is 0 Å². The summed E-state index contributed by atoms with van der Waals surface area (Å²) >= 11 is 0. The van der Waals surface area contributed by atoms with Gasteiger partial charge in [-0.15, -0.1) is 0 Å². The zero-order chi connectivity index (χ0) is 24.2. The number of nitrogens with two attached hydrogens (primary N) is 1. The minimum absolute atomic E-state index is 0.00369. The topological polar surface area (TPSA) is 52.3 Å². The maximum Gasteiger partial charge on any atom is 0.305 e. The Morgan fingerprint density at radius 1 is 0.576 bits per heavy atom. The molecule has 0 saturated carbocycles. The fourth-order valence-corrected chi connectivity index (χ4v) is 4.67. The lowest BCUT2D eigenvalue weighted by Gasteiger charge is -2.17. The minimum atomic E-state index is -0.00369. The van der Waals surface area contributed by atoms with E-state index >= 15 is 0 Å². The van der Waals surface area contributed by atoms with Crippen LogP contribution in [0, 0.1) is 5.92 Å². The minimum Gasteiger partial charge on any atom is -0.465 e. The fourth-order valence-electron chi connectivity index (χ4n) is 4.67. The third-order valence-electron chi connectivity index (χ3n) is 7.00. The lowest BCUT2D eigenvalue weighted by molar-refractivity contribution is -0.145. The first kappa shape index (κ1) is 32.4. The zero-order valence-electron chi connectivity index (χ0n) is 22.9. The molecule has 0 amide bonds. The highest BCUT2D eigenvalue weighted by Crippen LogP contribution is 2.20. The van der Waals surface area contributed by atoms with Gasteiger partial charge in [0.2, 0.25) is 0 Å². The van der Waals surface area contributed by atoms with Crippen molar-refractivity contribution < 1.29 is 9.53 Å². The first-order valence-electron chi connectivity index (χ1n) is 15.1. The Hall–Kier alpha value is -0.570. The SMILES string of the molecule is CCCCCCCCCCCCC(CCCCCCCCCC)COC(=O)CCCCCN. The molecule has 0 spiro atoms. The van der Waals surface area contributed by atoms with Gasteiger partial charge in [0.25, 0.3) is 0 Å². The summed E-state index contributed by atoms with van der Waals surface area (Å²) in [5, 5.41) is 0. The van der Waals surface area contributed by atoms with E-state index < -0.39 is 0 Å². The number of rotatable bonds is 27. The standard InChI is InChI=1S/C30H61NO2/c1-3-5-7-9-11-13-14-16-18-21-25-29(24-20-17-15-12-10-8-6-4-2)28-33-30(32)26-22-19-23-27-31/h29H,3-28,31H2,1-2H3. The fraction of sp³-hybridized carbons (Fsp3) is 0.967. The van der Waals surface area contributed by atoms with Crippen molar-refractivity contribution in [3.8, 4) is 0 Å². The molecule has 1 unspecified atom stereocenters. The second-order valence-electron chi connectivity index (χ2n) is 10.4. The van der Waals surface area contributed by atoms with Crippen molar-refractivity contribution in [3.63, 3.8) is 0 Å². The number of unbranched alkanes of at least 4 members (excludes halogenated alkanes) is 18. The molecule has 2 N–H and O–H groups in total. The normalized spacial score (nSPS) is 12.2. The summed E-state index contributed by atoms with van der Waals surface area (Å²) in [4.78, 5) is 12.1. The molecule has 3 nitrogen and oxygen atoms in total. The average molecular weight is 468 g/mol. The molecule has 0 saturated heterocycles. The van der Waals surface area contributed by atoms with Crippen LogP contribution in [0.3, 0.4) is 0 Å². The predicted octanol–water partition coefficient (Wildman–Crippen LogP) is 9.51. The van der Waals surface area contributed by atoms with Crippen LogP contribution >= 0.6 is 0 Å². The maximum absolute atomic E-state index is 12.1. The molecule has 0 radical (unpaired) electrons. The molecule has 0 heterocycles. The van der Waals surface area contributed by atoms with Gasteiger partial charge >= 0.3 is 5.97 Å². The van der Waals surface area contributed by atoms with Gasteiger partial charge in [0.15, 0.2) is 0 Å². The molecular formula is C30H61NO2. The molecule has 0 aromatic heterocycles. The molecule has 0 fully saturated rings. The van der Waals surface area contributed by atoms with E-state index in [0.29, 0.717) is 25.5 Å². The van der Waals surface area contributed by atoms with Crippen LogP contribution in [0.2, 0.25) is 0 Å². The molecule has 0 aliphatic heterocycles. The van der Waals surface area contributed by atoms with Gasteiger partial charge < -0.3 is 10.5 Å². The highest BCUT2D eigenvalue weighted by Gasteiger charge is 2.12. The number of hydrogen-bond donors (Lipinski definition) is 1. The van der Waals surface area contributed by atoms with Crippen molar-refractivity contribution in [2.24, 2.45) is 11.7 Å². The Labute approximate surface area is 208 Å². The highest BCUT2D eigenvalue weighted by atomic mass is 16.5. The summed E-state index contributed by atoms with van der Waals surface area (Å²) in [5.74, 6) is 0.558. The third kappa shape index (κ3) is 25.9. The molecule has 0 aliphatic carbocycles. The maximum atomic E-state index is 12.1. The molecule has 0 aliphatic rings. The molecule has 0 aromatic rings. The van der Waals surface area contributed by atoms with E-state index in [1.54, 1.807) is 0 Å². The van der Waals surface area contributed by atoms with E-state index in [0.717, 1.165) is 19.3 Å². The zero-order valence-corrected chi connectivity index (χ0v) is 22.9. The van der Waals surface area contributed by atoms with Crippen molar-refractivity contribution in [1.29, 1.82) is 0 Å². The molecule has 198 valence electrons. The number of carbonyl (C=O) groups excluding carboxylic acids is 1. The van der Waals surface area contributed by atoms with Crippen LogP contribution in [-0.2, 0) is 9.53 Å². The van der Waals surface area contributed by atoms with E-state index in [1.807, 2.05) is 0 Å². The van der Waals surface area contributed by atoms with Crippen LogP contribution < -0.4 is 5.73 Å². The van der Waals surface area contributed by atoms with Gasteiger partial charge in [-0.1, -0.05) is 136 Å². The van der Waals surface area contributed by atoms with Gasteiger partial charge in [0, 0.05) is 6.42 Å². The Morgan fingerprint density at radius 2 is 0.970 bits per heavy atom. The summed E-state index contributed by atoms with van der Waals surface area (Å²) in [6, 6.07) is 0. The number of hydrogen-bond acceptors (Lipinski definition) is 3. The van der Waals surface area contributed by atoms with Crippen molar-refractivity contribution in [2.75, 3.05) is 13.2 Å². The van der Waals surface area contributed by atoms with Crippen molar-refractivity contribution in [2.45, 2.75) is 168 Å². The molecule has 0 aromatic carbocycles. The van der Waals surface area contributed by atoms with Gasteiger partial charge in [0.05, 0.1) is 6.61 Å². The predicted molar refractivity (Wildman–Crippen MR) is 146 cm³/mol. The van der Waals surface area contributed by atoms with E-state index in [2.05, 4.69) is 13.8 Å². The van der Waals surface area contributed by atoms with E-state index in [9.17, 15) is 4.79 Å². The van der Waals surface area contributed by atoms with E-state index in [1.165, 1.54) is 128 Å². The molecular weight excluding hydrogens is 406 g/mol. The quantitative estimate of drug-likeness (QED) is 0.0966. The van der Waals surface area contributed by atoms with E-state index in [-0.39, 0.29) is 5.97 Å². The summed E-state index contributed by atoms with van der Waals surface area (Å²) in [6.45, 7) is 5.92. The smallest absolute Gasteiger partial charge is 0.305 e. The Balaban J connectivity index is 3.97.